The molecule has 0 aliphatic heterocycles. The van der Waals surface area contributed by atoms with Gasteiger partial charge in [-0.05, 0) is 143 Å². The van der Waals surface area contributed by atoms with E-state index in [2.05, 4.69) is 235 Å². The first-order valence-electron chi connectivity index (χ1n) is 20.3. The largest absolute Gasteiger partial charge is 0.355 e. The van der Waals surface area contributed by atoms with E-state index in [0.717, 1.165) is 45.1 Å². The summed E-state index contributed by atoms with van der Waals surface area (Å²) in [4.78, 5) is 0. The summed E-state index contributed by atoms with van der Waals surface area (Å²) in [6.45, 7) is 4.40. The van der Waals surface area contributed by atoms with E-state index >= 15 is 0 Å². The van der Waals surface area contributed by atoms with Gasteiger partial charge in [-0.15, -0.1) is 0 Å². The Balaban J connectivity index is 1.11. The summed E-state index contributed by atoms with van der Waals surface area (Å²) < 4.78 is 2.37. The summed E-state index contributed by atoms with van der Waals surface area (Å²) in [5.41, 5.74) is 19.7. The lowest BCUT2D eigenvalue weighted by atomic mass is 9.90. The zero-order valence-electron chi connectivity index (χ0n) is 33.2. The number of hydrogen-bond donors (Lipinski definition) is 2. The van der Waals surface area contributed by atoms with Gasteiger partial charge in [0.2, 0.25) is 0 Å². The third-order valence-corrected chi connectivity index (χ3v) is 11.5. The van der Waals surface area contributed by atoms with Crippen molar-refractivity contribution in [2.45, 2.75) is 13.8 Å². The van der Waals surface area contributed by atoms with Gasteiger partial charge in [0.25, 0.3) is 0 Å². The molecule has 10 rings (SSSR count). The first-order valence-corrected chi connectivity index (χ1v) is 20.3. The van der Waals surface area contributed by atoms with Gasteiger partial charge >= 0.3 is 0 Å². The number of benzene rings is 9. The number of fused-ring (bicyclic) bond motifs is 3. The molecule has 1 heterocycles. The second-order valence-electron chi connectivity index (χ2n) is 15.3. The van der Waals surface area contributed by atoms with Gasteiger partial charge in [0.1, 0.15) is 0 Å². The van der Waals surface area contributed by atoms with E-state index in [1.165, 1.54) is 60.8 Å². The normalized spacial score (nSPS) is 11.2. The molecule has 59 heavy (non-hydrogen) atoms. The van der Waals surface area contributed by atoms with Crippen molar-refractivity contribution in [3.05, 3.63) is 223 Å². The highest BCUT2D eigenvalue weighted by atomic mass is 15.0. The highest BCUT2D eigenvalue weighted by Gasteiger charge is 2.17. The average Bonchev–Trinajstić information content (AvgIpc) is 3.62. The minimum Gasteiger partial charge on any atom is -0.355 e. The molecule has 0 aliphatic rings. The monoisotopic (exact) mass is 757 g/mol. The lowest BCUT2D eigenvalue weighted by molar-refractivity contribution is 1.18. The van der Waals surface area contributed by atoms with Crippen LogP contribution in [0.4, 0.5) is 22.7 Å². The van der Waals surface area contributed by atoms with Crippen LogP contribution in [-0.2, 0) is 0 Å². The molecular weight excluding hydrogens is 715 g/mol. The maximum absolute atomic E-state index is 3.77. The van der Waals surface area contributed by atoms with Gasteiger partial charge in [0, 0.05) is 50.3 Å². The number of aromatic nitrogens is 1. The zero-order chi connectivity index (χ0) is 39.7. The number of anilines is 4. The molecule has 0 aliphatic carbocycles. The number of hydrogen-bond acceptors (Lipinski definition) is 2. The van der Waals surface area contributed by atoms with E-state index in [-0.39, 0.29) is 0 Å². The van der Waals surface area contributed by atoms with E-state index in [1.807, 2.05) is 6.07 Å². The van der Waals surface area contributed by atoms with Gasteiger partial charge < -0.3 is 15.2 Å². The van der Waals surface area contributed by atoms with Crippen molar-refractivity contribution < 1.29 is 0 Å². The van der Waals surface area contributed by atoms with E-state index in [9.17, 15) is 0 Å². The van der Waals surface area contributed by atoms with Gasteiger partial charge in [0.15, 0.2) is 0 Å². The fourth-order valence-corrected chi connectivity index (χ4v) is 8.44. The lowest BCUT2D eigenvalue weighted by Crippen LogP contribution is -1.97. The molecule has 3 nitrogen and oxygen atoms in total. The number of para-hydroxylation sites is 4. The average molecular weight is 758 g/mol. The van der Waals surface area contributed by atoms with Crippen LogP contribution >= 0.6 is 0 Å². The van der Waals surface area contributed by atoms with Gasteiger partial charge in [-0.25, -0.2) is 0 Å². The van der Waals surface area contributed by atoms with Gasteiger partial charge in [-0.1, -0.05) is 127 Å². The van der Waals surface area contributed by atoms with Gasteiger partial charge in [-0.3, -0.25) is 0 Å². The van der Waals surface area contributed by atoms with Crippen molar-refractivity contribution >= 4 is 44.6 Å². The second kappa shape index (κ2) is 15.4. The van der Waals surface area contributed by atoms with Crippen molar-refractivity contribution in [2.24, 2.45) is 0 Å². The fourth-order valence-electron chi connectivity index (χ4n) is 8.44. The SMILES string of the molecule is Cc1ccccc1-c1cc(-c2ccc(C)c(-c3cc(-c4ccc5c(c4)c4ccccc4n5-c4ccccc4)ccc3Nc3ccccc3)c2)ccc1Nc1ccccc1. The van der Waals surface area contributed by atoms with Crippen LogP contribution < -0.4 is 10.6 Å². The molecule has 0 radical (unpaired) electrons. The predicted octanol–water partition coefficient (Wildman–Crippen LogP) is 15.6. The molecular formula is C56H43N3. The summed E-state index contributed by atoms with van der Waals surface area (Å²) in [6.07, 6.45) is 0. The van der Waals surface area contributed by atoms with Crippen LogP contribution in [0, 0.1) is 13.8 Å². The molecule has 282 valence electrons. The van der Waals surface area contributed by atoms with Crippen molar-refractivity contribution in [1.29, 1.82) is 0 Å². The summed E-state index contributed by atoms with van der Waals surface area (Å²) in [6, 6.07) is 76.3. The van der Waals surface area contributed by atoms with Crippen LogP contribution in [0.3, 0.4) is 0 Å². The molecule has 0 unspecified atom stereocenters. The highest BCUT2D eigenvalue weighted by Crippen LogP contribution is 2.42. The minimum absolute atomic E-state index is 1.05. The van der Waals surface area contributed by atoms with Crippen LogP contribution in [0.25, 0.3) is 72.0 Å². The van der Waals surface area contributed by atoms with Crippen molar-refractivity contribution in [3.8, 4) is 50.2 Å². The molecule has 0 amide bonds. The molecule has 9 aromatic carbocycles. The number of rotatable bonds is 9. The molecule has 0 saturated carbocycles. The molecule has 3 heteroatoms. The molecule has 0 spiro atoms. The minimum atomic E-state index is 1.05. The first-order chi connectivity index (χ1) is 29.1. The Morgan fingerprint density at radius 2 is 0.780 bits per heavy atom. The lowest BCUT2D eigenvalue weighted by Gasteiger charge is -2.19. The molecule has 1 aromatic heterocycles. The van der Waals surface area contributed by atoms with E-state index in [1.54, 1.807) is 0 Å². The molecule has 2 N–H and O–H groups in total. The smallest absolute Gasteiger partial charge is 0.0541 e. The summed E-state index contributed by atoms with van der Waals surface area (Å²) in [5, 5.41) is 9.95. The van der Waals surface area contributed by atoms with E-state index < -0.39 is 0 Å². The van der Waals surface area contributed by atoms with E-state index in [4.69, 9.17) is 0 Å². The molecule has 0 atom stereocenters. The quantitative estimate of drug-likeness (QED) is 0.154. The fraction of sp³-hybridized carbons (Fsp3) is 0.0357. The van der Waals surface area contributed by atoms with Crippen LogP contribution in [0.5, 0.6) is 0 Å². The van der Waals surface area contributed by atoms with E-state index in [0.29, 0.717) is 0 Å². The van der Waals surface area contributed by atoms with Crippen LogP contribution in [-0.4, -0.2) is 4.57 Å². The predicted molar refractivity (Wildman–Crippen MR) is 251 cm³/mol. The van der Waals surface area contributed by atoms with Gasteiger partial charge in [0.05, 0.1) is 11.0 Å². The van der Waals surface area contributed by atoms with Crippen LogP contribution in [0.15, 0.2) is 212 Å². The van der Waals surface area contributed by atoms with Gasteiger partial charge in [-0.2, -0.15) is 0 Å². The van der Waals surface area contributed by atoms with Crippen LogP contribution in [0.2, 0.25) is 0 Å². The number of aryl methyl sites for hydroxylation is 2. The summed E-state index contributed by atoms with van der Waals surface area (Å²) >= 11 is 0. The highest BCUT2D eigenvalue weighted by molar-refractivity contribution is 6.10. The third kappa shape index (κ3) is 6.94. The Labute approximate surface area is 345 Å². The Morgan fingerprint density at radius 1 is 0.322 bits per heavy atom. The third-order valence-electron chi connectivity index (χ3n) is 11.5. The second-order valence-corrected chi connectivity index (χ2v) is 15.3. The Kier molecular flexibility index (Phi) is 9.32. The summed E-state index contributed by atoms with van der Waals surface area (Å²) in [5.74, 6) is 0. The molecule has 0 bridgehead atoms. The van der Waals surface area contributed by atoms with Crippen molar-refractivity contribution in [1.82, 2.24) is 4.57 Å². The molecule has 0 saturated heterocycles. The standard InChI is InChI=1S/C56H43N3/c1-38-16-12-13-23-47(38)50-35-41(28-31-53(50)57-44-17-6-3-7-18-44)40-27-26-39(2)49(34-40)51-36-42(29-32-54(51)58-45-19-8-4-9-20-45)43-30-33-56-52(37-43)48-24-14-15-25-55(48)59(56)46-21-10-5-11-22-46/h3-37,57-58H,1-2H3. The Hall–Kier alpha value is -7.62. The van der Waals surface area contributed by atoms with Crippen molar-refractivity contribution in [3.63, 3.8) is 0 Å². The zero-order valence-corrected chi connectivity index (χ0v) is 33.2. The molecule has 0 fully saturated rings. The maximum atomic E-state index is 3.77. The van der Waals surface area contributed by atoms with Crippen molar-refractivity contribution in [2.75, 3.05) is 10.6 Å². The maximum Gasteiger partial charge on any atom is 0.0541 e. The summed E-state index contributed by atoms with van der Waals surface area (Å²) in [7, 11) is 0. The van der Waals surface area contributed by atoms with Crippen LogP contribution in [0.1, 0.15) is 11.1 Å². The number of nitrogens with one attached hydrogen (secondary N) is 2. The first kappa shape index (κ1) is 35.8. The Bertz CT molecular complexity index is 3110. The number of nitrogens with zero attached hydrogens (tertiary/aromatic N) is 1. The Morgan fingerprint density at radius 3 is 1.42 bits per heavy atom. The topological polar surface area (TPSA) is 29.0 Å². The molecule has 10 aromatic rings.